The van der Waals surface area contributed by atoms with Crippen LogP contribution < -0.4 is 33.2 Å². The highest BCUT2D eigenvalue weighted by Gasteiger charge is 2.31. The van der Waals surface area contributed by atoms with Gasteiger partial charge in [-0.05, 0) is 24.5 Å². The number of amides is 3. The van der Waals surface area contributed by atoms with E-state index in [0.717, 1.165) is 10.9 Å². The van der Waals surface area contributed by atoms with E-state index < -0.39 is 60.2 Å². The van der Waals surface area contributed by atoms with Gasteiger partial charge in [0.25, 0.3) is 0 Å². The van der Waals surface area contributed by atoms with Crippen LogP contribution in [0.2, 0.25) is 0 Å². The van der Waals surface area contributed by atoms with E-state index in [4.69, 9.17) is 22.3 Å². The van der Waals surface area contributed by atoms with Crippen LogP contribution in [0.4, 0.5) is 0 Å². The molecule has 0 aliphatic carbocycles. The van der Waals surface area contributed by atoms with Crippen molar-refractivity contribution in [3.05, 3.63) is 54.2 Å². The Balaban J connectivity index is 1.83. The van der Waals surface area contributed by atoms with E-state index in [9.17, 15) is 29.1 Å². The van der Waals surface area contributed by atoms with Gasteiger partial charge in [0.2, 0.25) is 17.7 Å². The Hall–Kier alpha value is -5.45. The van der Waals surface area contributed by atoms with E-state index in [1.807, 2.05) is 18.2 Å². The molecule has 0 aliphatic rings. The van der Waals surface area contributed by atoms with Crippen molar-refractivity contribution in [1.82, 2.24) is 30.9 Å². The van der Waals surface area contributed by atoms with Crippen LogP contribution in [-0.2, 0) is 36.8 Å². The van der Waals surface area contributed by atoms with E-state index in [1.165, 1.54) is 12.5 Å². The van der Waals surface area contributed by atoms with Gasteiger partial charge in [0.1, 0.15) is 18.1 Å². The molecule has 0 saturated heterocycles. The first-order valence-electron chi connectivity index (χ1n) is 13.6. The molecule has 44 heavy (non-hydrogen) atoms. The predicted octanol–water partition coefficient (Wildman–Crippen LogP) is -1.93. The third-order valence-corrected chi connectivity index (χ3v) is 6.63. The molecule has 0 saturated carbocycles. The monoisotopic (exact) mass is 612 g/mol. The van der Waals surface area contributed by atoms with E-state index in [2.05, 4.69) is 35.9 Å². The molecule has 236 valence electrons. The number of nitrogens with two attached hydrogens (primary N) is 3. The normalized spacial score (nSPS) is 13.7. The number of aliphatic carboxylic acids is 2. The van der Waals surface area contributed by atoms with Crippen LogP contribution in [0.5, 0.6) is 0 Å². The smallest absolute Gasteiger partial charge is 0.326 e. The molecule has 17 nitrogen and oxygen atoms in total. The van der Waals surface area contributed by atoms with Gasteiger partial charge in [0.05, 0.1) is 18.8 Å². The number of aromatic nitrogens is 3. The van der Waals surface area contributed by atoms with Gasteiger partial charge in [-0.1, -0.05) is 18.2 Å². The number of hydrogen-bond acceptors (Lipinski definition) is 8. The van der Waals surface area contributed by atoms with Crippen molar-refractivity contribution in [3.8, 4) is 0 Å². The number of carbonyl (C=O) groups is 5. The molecule has 17 heteroatoms. The summed E-state index contributed by atoms with van der Waals surface area (Å²) in [5.74, 6) is -5.22. The first kappa shape index (κ1) is 33.1. The fraction of sp³-hybridized carbons (Fsp3) is 0.370. The summed E-state index contributed by atoms with van der Waals surface area (Å²) in [6.07, 6.45) is 3.94. The first-order valence-corrected chi connectivity index (χ1v) is 13.6. The Bertz CT molecular complexity index is 1480. The Kier molecular flexibility index (Phi) is 11.8. The van der Waals surface area contributed by atoms with Gasteiger partial charge in [-0.25, -0.2) is 9.78 Å². The summed E-state index contributed by atoms with van der Waals surface area (Å²) in [7, 11) is 0. The Labute approximate surface area is 251 Å². The molecule has 3 amide bonds. The molecule has 0 spiro atoms. The first-order chi connectivity index (χ1) is 20.9. The number of aromatic amines is 2. The number of nitrogens with one attached hydrogen (secondary N) is 5. The molecule has 4 atom stereocenters. The van der Waals surface area contributed by atoms with E-state index in [1.54, 1.807) is 12.3 Å². The van der Waals surface area contributed by atoms with Crippen LogP contribution in [0.1, 0.15) is 30.5 Å². The number of nitrogens with zero attached hydrogens (tertiary/aromatic N) is 2. The van der Waals surface area contributed by atoms with Gasteiger partial charge in [-0.2, -0.15) is 0 Å². The molecule has 4 unspecified atom stereocenters. The summed E-state index contributed by atoms with van der Waals surface area (Å²) in [6.45, 7) is 0.148. The number of fused-ring (bicyclic) bond motifs is 1. The highest BCUT2D eigenvalue weighted by atomic mass is 16.4. The molecule has 0 aliphatic heterocycles. The summed E-state index contributed by atoms with van der Waals surface area (Å²) < 4.78 is 0. The zero-order valence-electron chi connectivity index (χ0n) is 23.7. The number of aliphatic imine (C=N–C) groups is 1. The summed E-state index contributed by atoms with van der Waals surface area (Å²) in [6, 6.07) is 1.95. The maximum absolute atomic E-state index is 13.7. The van der Waals surface area contributed by atoms with Crippen LogP contribution in [0.15, 0.2) is 48.0 Å². The summed E-state index contributed by atoms with van der Waals surface area (Å²) in [5.41, 5.74) is 18.2. The molecule has 3 rings (SSSR count). The second-order valence-electron chi connectivity index (χ2n) is 10.0. The fourth-order valence-electron chi connectivity index (χ4n) is 4.42. The number of carbonyl (C=O) groups excluding carboxylic acids is 3. The van der Waals surface area contributed by atoms with Crippen molar-refractivity contribution >= 4 is 46.5 Å². The van der Waals surface area contributed by atoms with Crippen molar-refractivity contribution in [2.45, 2.75) is 56.3 Å². The highest BCUT2D eigenvalue weighted by Crippen LogP contribution is 2.19. The van der Waals surface area contributed by atoms with Gasteiger partial charge in [-0.3, -0.25) is 24.2 Å². The minimum Gasteiger partial charge on any atom is -0.481 e. The number of imidazole rings is 1. The van der Waals surface area contributed by atoms with Crippen LogP contribution in [0.25, 0.3) is 10.9 Å². The zero-order chi connectivity index (χ0) is 32.2. The van der Waals surface area contributed by atoms with Crippen molar-refractivity contribution < 1.29 is 34.2 Å². The molecule has 2 heterocycles. The van der Waals surface area contributed by atoms with Gasteiger partial charge >= 0.3 is 11.9 Å². The fourth-order valence-corrected chi connectivity index (χ4v) is 4.42. The molecule has 1 aromatic carbocycles. The van der Waals surface area contributed by atoms with E-state index in [0.29, 0.717) is 11.3 Å². The van der Waals surface area contributed by atoms with Crippen molar-refractivity contribution in [2.75, 3.05) is 6.54 Å². The van der Waals surface area contributed by atoms with E-state index >= 15 is 0 Å². The molecule has 0 fully saturated rings. The van der Waals surface area contributed by atoms with Gasteiger partial charge in [-0.15, -0.1) is 0 Å². The molecule has 0 radical (unpaired) electrons. The molecule has 3 aromatic rings. The second-order valence-corrected chi connectivity index (χ2v) is 10.0. The third kappa shape index (κ3) is 9.83. The van der Waals surface area contributed by atoms with Crippen LogP contribution >= 0.6 is 0 Å². The van der Waals surface area contributed by atoms with Gasteiger partial charge in [0, 0.05) is 48.4 Å². The lowest BCUT2D eigenvalue weighted by Gasteiger charge is -2.25. The lowest BCUT2D eigenvalue weighted by molar-refractivity contribution is -0.142. The maximum atomic E-state index is 13.7. The summed E-state index contributed by atoms with van der Waals surface area (Å²) in [4.78, 5) is 76.4. The minimum atomic E-state index is -1.44. The molecule has 13 N–H and O–H groups in total. The number of benzene rings is 1. The highest BCUT2D eigenvalue weighted by molar-refractivity contribution is 5.95. The van der Waals surface area contributed by atoms with Crippen LogP contribution in [0, 0.1) is 0 Å². The second kappa shape index (κ2) is 15.7. The Morgan fingerprint density at radius 1 is 0.909 bits per heavy atom. The average molecular weight is 613 g/mol. The maximum Gasteiger partial charge on any atom is 0.326 e. The largest absolute Gasteiger partial charge is 0.481 e. The van der Waals surface area contributed by atoms with Crippen LogP contribution in [-0.4, -0.2) is 91.5 Å². The van der Waals surface area contributed by atoms with Crippen molar-refractivity contribution in [2.24, 2.45) is 22.2 Å². The topological polar surface area (TPSA) is 297 Å². The molecular formula is C27H36N10O7. The minimum absolute atomic E-state index is 0.00326. The Morgan fingerprint density at radius 2 is 1.57 bits per heavy atom. The standard InChI is InChI=1S/C27H36N10O7/c28-17(10-22(38)39)23(40)36-20(8-14-11-33-18-5-2-1-4-16(14)18)24(41)37-21(9-15-12-31-13-34-15)25(42)35-19(26(43)44)6-3-7-32-27(29)30/h1-2,4-5,11-13,17,19-21,33H,3,6-10,28H2,(H,31,34)(H,35,42)(H,36,40)(H,37,41)(H,38,39)(H,43,44)(H4,29,30,32). The summed E-state index contributed by atoms with van der Waals surface area (Å²) in [5, 5.41) is 27.0. The average Bonchev–Trinajstić information content (AvgIpc) is 3.63. The number of guanidine groups is 1. The Morgan fingerprint density at radius 3 is 2.20 bits per heavy atom. The zero-order valence-corrected chi connectivity index (χ0v) is 23.7. The van der Waals surface area contributed by atoms with Gasteiger partial charge < -0.3 is 53.3 Å². The summed E-state index contributed by atoms with van der Waals surface area (Å²) >= 11 is 0. The van der Waals surface area contributed by atoms with Crippen molar-refractivity contribution in [1.29, 1.82) is 0 Å². The number of H-pyrrole nitrogens is 2. The number of para-hydroxylation sites is 1. The van der Waals surface area contributed by atoms with Gasteiger partial charge in [0.15, 0.2) is 5.96 Å². The molecular weight excluding hydrogens is 576 g/mol. The van der Waals surface area contributed by atoms with Crippen molar-refractivity contribution in [3.63, 3.8) is 0 Å². The number of carboxylic acids is 2. The lowest BCUT2D eigenvalue weighted by atomic mass is 10.0. The quantitative estimate of drug-likeness (QED) is 0.0455. The number of rotatable bonds is 17. The number of carboxylic acid groups (broad SMARTS) is 2. The number of hydrogen-bond donors (Lipinski definition) is 10. The third-order valence-electron chi connectivity index (χ3n) is 6.63. The van der Waals surface area contributed by atoms with E-state index in [-0.39, 0.29) is 38.2 Å². The predicted molar refractivity (Wildman–Crippen MR) is 158 cm³/mol. The lowest BCUT2D eigenvalue weighted by Crippen LogP contribution is -2.58. The molecule has 0 bridgehead atoms. The van der Waals surface area contributed by atoms with Crippen LogP contribution in [0.3, 0.4) is 0 Å². The molecule has 2 aromatic heterocycles. The SMILES string of the molecule is NC(N)=NCCCC(NC(=O)C(Cc1cnc[nH]1)NC(=O)C(Cc1c[nH]c2ccccc12)NC(=O)C(N)CC(=O)O)C(=O)O.